The Kier molecular flexibility index (Phi) is 3.40. The molecule has 1 saturated heterocycles. The maximum Gasteiger partial charge on any atom is 0.268 e. The van der Waals surface area contributed by atoms with Gasteiger partial charge in [-0.1, -0.05) is 6.07 Å². The van der Waals surface area contributed by atoms with E-state index in [2.05, 4.69) is 10.3 Å². The average Bonchev–Trinajstić information content (AvgIpc) is 2.80. The first-order valence-corrected chi connectivity index (χ1v) is 6.85. The van der Waals surface area contributed by atoms with Gasteiger partial charge >= 0.3 is 0 Å². The molecule has 2 heterocycles. The van der Waals surface area contributed by atoms with Gasteiger partial charge in [-0.3, -0.25) is 14.4 Å². The molecule has 1 aromatic heterocycles. The molecular weight excluding hydrogens is 289 g/mol. The fourth-order valence-corrected chi connectivity index (χ4v) is 2.55. The van der Waals surface area contributed by atoms with Crippen LogP contribution in [0.5, 0.6) is 0 Å². The highest BCUT2D eigenvalue weighted by molar-refractivity contribution is 5.98. The average molecular weight is 303 g/mol. The summed E-state index contributed by atoms with van der Waals surface area (Å²) in [6.45, 7) is 0.562. The number of benzene rings is 1. The molecule has 1 aromatic carbocycles. The molecule has 1 fully saturated rings. The van der Waals surface area contributed by atoms with Crippen molar-refractivity contribution >= 4 is 22.7 Å². The van der Waals surface area contributed by atoms with Gasteiger partial charge in [0.1, 0.15) is 17.6 Å². The second-order valence-electron chi connectivity index (χ2n) is 5.28. The molecule has 0 radical (unpaired) electrons. The molecule has 7 heteroatoms. The van der Waals surface area contributed by atoms with E-state index in [1.807, 2.05) is 0 Å². The molecule has 0 saturated carbocycles. The predicted octanol–water partition coefficient (Wildman–Crippen LogP) is 0.628. The van der Waals surface area contributed by atoms with Crippen LogP contribution in [0.1, 0.15) is 16.9 Å². The van der Waals surface area contributed by atoms with Gasteiger partial charge in [0.05, 0.1) is 5.52 Å². The third kappa shape index (κ3) is 2.34. The van der Waals surface area contributed by atoms with Crippen molar-refractivity contribution in [2.75, 3.05) is 13.6 Å². The lowest BCUT2D eigenvalue weighted by Gasteiger charge is -2.12. The molecular formula is C15H14FN3O3. The van der Waals surface area contributed by atoms with Crippen LogP contribution in [0.25, 0.3) is 10.9 Å². The van der Waals surface area contributed by atoms with Crippen LogP contribution in [-0.2, 0) is 4.79 Å². The number of amides is 2. The smallest absolute Gasteiger partial charge is 0.268 e. The van der Waals surface area contributed by atoms with Crippen LogP contribution in [0.2, 0.25) is 0 Å². The van der Waals surface area contributed by atoms with E-state index in [1.54, 1.807) is 7.05 Å². The summed E-state index contributed by atoms with van der Waals surface area (Å²) in [4.78, 5) is 40.1. The second kappa shape index (κ2) is 5.25. The van der Waals surface area contributed by atoms with E-state index in [-0.39, 0.29) is 22.5 Å². The number of hydrogen-bond acceptors (Lipinski definition) is 3. The largest absolute Gasteiger partial charge is 0.348 e. The molecule has 2 aromatic rings. The van der Waals surface area contributed by atoms with Crippen LogP contribution in [0.4, 0.5) is 4.39 Å². The fraction of sp³-hybridized carbons (Fsp3) is 0.267. The number of carbonyl (C=O) groups is 2. The van der Waals surface area contributed by atoms with E-state index in [4.69, 9.17) is 0 Å². The number of carbonyl (C=O) groups excluding carboxylic acids is 2. The Morgan fingerprint density at radius 1 is 1.41 bits per heavy atom. The van der Waals surface area contributed by atoms with Crippen LogP contribution in [0, 0.1) is 5.82 Å². The number of aromatic amines is 1. The molecule has 0 spiro atoms. The summed E-state index contributed by atoms with van der Waals surface area (Å²) < 4.78 is 13.8. The zero-order valence-corrected chi connectivity index (χ0v) is 11.9. The Labute approximate surface area is 124 Å². The van der Waals surface area contributed by atoms with Crippen molar-refractivity contribution in [2.45, 2.75) is 12.5 Å². The summed E-state index contributed by atoms with van der Waals surface area (Å²) in [5, 5.41) is 2.74. The first kappa shape index (κ1) is 14.2. The first-order chi connectivity index (χ1) is 10.5. The lowest BCUT2D eigenvalue weighted by Crippen LogP contribution is -2.41. The molecule has 114 valence electrons. The highest BCUT2D eigenvalue weighted by atomic mass is 19.1. The van der Waals surface area contributed by atoms with E-state index >= 15 is 0 Å². The van der Waals surface area contributed by atoms with Gasteiger partial charge in [-0.2, -0.15) is 0 Å². The number of likely N-dealkylation sites (N-methyl/N-ethyl adjacent to an activating group) is 1. The van der Waals surface area contributed by atoms with Crippen LogP contribution in [0.3, 0.4) is 0 Å². The highest BCUT2D eigenvalue weighted by Crippen LogP contribution is 2.13. The van der Waals surface area contributed by atoms with Gasteiger partial charge in [0.2, 0.25) is 5.91 Å². The summed E-state index contributed by atoms with van der Waals surface area (Å²) in [6, 6.07) is 4.61. The first-order valence-electron chi connectivity index (χ1n) is 6.85. The quantitative estimate of drug-likeness (QED) is 0.853. The van der Waals surface area contributed by atoms with Crippen LogP contribution in [-0.4, -0.2) is 41.3 Å². The van der Waals surface area contributed by atoms with Gasteiger partial charge in [0.15, 0.2) is 5.43 Å². The summed E-state index contributed by atoms with van der Waals surface area (Å²) in [5.41, 5.74) is -0.534. The van der Waals surface area contributed by atoms with Gasteiger partial charge in [0, 0.05) is 25.0 Å². The number of H-pyrrole nitrogens is 1. The number of pyridine rings is 1. The van der Waals surface area contributed by atoms with Crippen molar-refractivity contribution in [3.8, 4) is 0 Å². The van der Waals surface area contributed by atoms with Gasteiger partial charge in [0.25, 0.3) is 5.91 Å². The van der Waals surface area contributed by atoms with Crippen molar-refractivity contribution in [1.82, 2.24) is 15.2 Å². The molecule has 0 aliphatic carbocycles. The van der Waals surface area contributed by atoms with Crippen molar-refractivity contribution < 1.29 is 14.0 Å². The molecule has 0 unspecified atom stereocenters. The second-order valence-corrected chi connectivity index (χ2v) is 5.28. The summed E-state index contributed by atoms with van der Waals surface area (Å²) in [7, 11) is 1.65. The summed E-state index contributed by atoms with van der Waals surface area (Å²) in [6.07, 6.45) is 0.507. The maximum atomic E-state index is 13.8. The summed E-state index contributed by atoms with van der Waals surface area (Å²) in [5.74, 6) is -1.39. The number of halogens is 1. The number of hydrogen-bond donors (Lipinski definition) is 2. The van der Waals surface area contributed by atoms with Gasteiger partial charge in [-0.05, 0) is 18.6 Å². The Bertz CT molecular complexity index is 830. The monoisotopic (exact) mass is 303 g/mol. The SMILES string of the molecule is CN1CC[C@@H](NC(=O)c2cc(=O)c3cccc(F)c3[nH]2)C1=O. The number of para-hydroxylation sites is 1. The van der Waals surface area contributed by atoms with Crippen molar-refractivity contribution in [3.05, 3.63) is 46.0 Å². The summed E-state index contributed by atoms with van der Waals surface area (Å²) >= 11 is 0. The number of likely N-dealkylation sites (tertiary alicyclic amines) is 1. The standard InChI is InChI=1S/C15H14FN3O3/c1-19-6-5-10(15(19)22)18-14(21)11-7-12(20)8-3-2-4-9(16)13(8)17-11/h2-4,7,10H,5-6H2,1H3,(H,17,20)(H,18,21)/t10-/m1/s1. The van der Waals surface area contributed by atoms with Gasteiger partial charge in [-0.15, -0.1) is 0 Å². The molecule has 3 rings (SSSR count). The Balaban J connectivity index is 1.93. The van der Waals surface area contributed by atoms with E-state index < -0.39 is 23.2 Å². The van der Waals surface area contributed by atoms with E-state index in [9.17, 15) is 18.8 Å². The predicted molar refractivity (Wildman–Crippen MR) is 78.0 cm³/mol. The number of aromatic nitrogens is 1. The normalized spacial score (nSPS) is 18.0. The lowest BCUT2D eigenvalue weighted by atomic mass is 10.1. The van der Waals surface area contributed by atoms with Crippen LogP contribution < -0.4 is 10.7 Å². The van der Waals surface area contributed by atoms with E-state index in [0.717, 1.165) is 6.07 Å². The van der Waals surface area contributed by atoms with E-state index in [1.165, 1.54) is 23.1 Å². The topological polar surface area (TPSA) is 82.3 Å². The number of rotatable bonds is 2. The zero-order chi connectivity index (χ0) is 15.9. The van der Waals surface area contributed by atoms with E-state index in [0.29, 0.717) is 13.0 Å². The van der Waals surface area contributed by atoms with Crippen molar-refractivity contribution in [1.29, 1.82) is 0 Å². The minimum absolute atomic E-state index is 0.0185. The Morgan fingerprint density at radius 2 is 2.18 bits per heavy atom. The Morgan fingerprint density at radius 3 is 2.86 bits per heavy atom. The van der Waals surface area contributed by atoms with Crippen molar-refractivity contribution in [2.24, 2.45) is 0 Å². The Hall–Kier alpha value is -2.70. The molecule has 2 amide bonds. The molecule has 1 aliphatic heterocycles. The lowest BCUT2D eigenvalue weighted by molar-refractivity contribution is -0.128. The number of nitrogens with zero attached hydrogens (tertiary/aromatic N) is 1. The van der Waals surface area contributed by atoms with Gasteiger partial charge < -0.3 is 15.2 Å². The number of nitrogens with one attached hydrogen (secondary N) is 2. The molecule has 1 aliphatic rings. The number of fused-ring (bicyclic) bond motifs is 1. The van der Waals surface area contributed by atoms with Gasteiger partial charge in [-0.25, -0.2) is 4.39 Å². The fourth-order valence-electron chi connectivity index (χ4n) is 2.55. The van der Waals surface area contributed by atoms with Crippen molar-refractivity contribution in [3.63, 3.8) is 0 Å². The third-order valence-corrected chi connectivity index (χ3v) is 3.79. The molecule has 1 atom stereocenters. The van der Waals surface area contributed by atoms with Crippen LogP contribution >= 0.6 is 0 Å². The molecule has 0 bridgehead atoms. The van der Waals surface area contributed by atoms with Crippen LogP contribution in [0.15, 0.2) is 29.1 Å². The minimum Gasteiger partial charge on any atom is -0.348 e. The maximum absolute atomic E-state index is 13.8. The third-order valence-electron chi connectivity index (χ3n) is 3.79. The minimum atomic E-state index is -0.614. The highest BCUT2D eigenvalue weighted by Gasteiger charge is 2.30. The zero-order valence-electron chi connectivity index (χ0n) is 11.9. The molecule has 6 nitrogen and oxygen atoms in total. The molecule has 2 N–H and O–H groups in total. The molecule has 22 heavy (non-hydrogen) atoms.